The van der Waals surface area contributed by atoms with Gasteiger partial charge in [-0.3, -0.25) is 4.79 Å². The Morgan fingerprint density at radius 1 is 1.38 bits per heavy atom. The molecule has 2 rings (SSSR count). The van der Waals surface area contributed by atoms with Crippen molar-refractivity contribution in [1.82, 2.24) is 10.2 Å². The summed E-state index contributed by atoms with van der Waals surface area (Å²) >= 11 is 0. The molecule has 0 radical (unpaired) electrons. The molecule has 0 unspecified atom stereocenters. The second-order valence-corrected chi connectivity index (χ2v) is 4.83. The highest BCUT2D eigenvalue weighted by molar-refractivity contribution is 5.79. The summed E-state index contributed by atoms with van der Waals surface area (Å²) in [6.45, 7) is 3.61. The molecule has 0 spiro atoms. The maximum absolute atomic E-state index is 12.2. The van der Waals surface area contributed by atoms with Gasteiger partial charge in [0.2, 0.25) is 5.91 Å². The number of piperidine rings is 2. The van der Waals surface area contributed by atoms with Crippen LogP contribution in [0.25, 0.3) is 0 Å². The number of amides is 1. The van der Waals surface area contributed by atoms with E-state index in [4.69, 9.17) is 4.74 Å². The number of hydrogen-bond acceptors (Lipinski definition) is 3. The Morgan fingerprint density at radius 3 is 2.94 bits per heavy atom. The van der Waals surface area contributed by atoms with Crippen molar-refractivity contribution in [3.8, 4) is 0 Å². The van der Waals surface area contributed by atoms with Gasteiger partial charge in [0.1, 0.15) is 0 Å². The zero-order valence-electron chi connectivity index (χ0n) is 10.1. The third-order valence-corrected chi connectivity index (χ3v) is 3.67. The molecule has 92 valence electrons. The molecule has 2 aliphatic heterocycles. The Hall–Kier alpha value is -0.610. The van der Waals surface area contributed by atoms with Crippen LogP contribution in [0, 0.1) is 5.92 Å². The highest BCUT2D eigenvalue weighted by Gasteiger charge is 2.29. The molecule has 0 aromatic rings. The molecule has 0 saturated carbocycles. The molecule has 0 bridgehead atoms. The lowest BCUT2D eigenvalue weighted by Crippen LogP contribution is -2.48. The van der Waals surface area contributed by atoms with Crippen molar-refractivity contribution >= 4 is 5.91 Å². The van der Waals surface area contributed by atoms with Gasteiger partial charge >= 0.3 is 0 Å². The summed E-state index contributed by atoms with van der Waals surface area (Å²) in [6.07, 6.45) is 4.57. The summed E-state index contributed by atoms with van der Waals surface area (Å²) in [7, 11) is 1.74. The summed E-state index contributed by atoms with van der Waals surface area (Å²) in [5.41, 5.74) is 0. The van der Waals surface area contributed by atoms with E-state index < -0.39 is 0 Å². The Bertz CT molecular complexity index is 239. The van der Waals surface area contributed by atoms with Crippen molar-refractivity contribution in [3.05, 3.63) is 0 Å². The molecular weight excluding hydrogens is 204 g/mol. The van der Waals surface area contributed by atoms with Gasteiger partial charge in [-0.2, -0.15) is 0 Å². The Kier molecular flexibility index (Phi) is 4.18. The third kappa shape index (κ3) is 2.74. The number of carbonyl (C=O) groups is 1. The van der Waals surface area contributed by atoms with Crippen LogP contribution in [0.5, 0.6) is 0 Å². The molecule has 1 N–H and O–H groups in total. The second-order valence-electron chi connectivity index (χ2n) is 4.83. The van der Waals surface area contributed by atoms with E-state index in [1.54, 1.807) is 7.11 Å². The summed E-state index contributed by atoms with van der Waals surface area (Å²) < 4.78 is 5.35. The van der Waals surface area contributed by atoms with Crippen LogP contribution in [0.3, 0.4) is 0 Å². The summed E-state index contributed by atoms with van der Waals surface area (Å²) in [4.78, 5) is 14.2. The largest absolute Gasteiger partial charge is 0.380 e. The van der Waals surface area contributed by atoms with Crippen molar-refractivity contribution < 1.29 is 9.53 Å². The molecule has 2 saturated heterocycles. The predicted molar refractivity (Wildman–Crippen MR) is 62.2 cm³/mol. The molecule has 4 heteroatoms. The number of methoxy groups -OCH3 is 1. The quantitative estimate of drug-likeness (QED) is 0.750. The lowest BCUT2D eigenvalue weighted by Gasteiger charge is -2.35. The van der Waals surface area contributed by atoms with E-state index in [1.165, 1.54) is 0 Å². The molecule has 2 atom stereocenters. The van der Waals surface area contributed by atoms with Crippen LogP contribution in [0.1, 0.15) is 25.7 Å². The van der Waals surface area contributed by atoms with Crippen LogP contribution in [-0.2, 0) is 9.53 Å². The zero-order chi connectivity index (χ0) is 11.4. The maximum Gasteiger partial charge on any atom is 0.227 e. The first kappa shape index (κ1) is 11.9. The van der Waals surface area contributed by atoms with Crippen molar-refractivity contribution in [2.24, 2.45) is 5.92 Å². The molecule has 1 amide bonds. The molecule has 2 heterocycles. The van der Waals surface area contributed by atoms with E-state index in [1.807, 2.05) is 4.90 Å². The van der Waals surface area contributed by atoms with E-state index in [9.17, 15) is 4.79 Å². The highest BCUT2D eigenvalue weighted by Crippen LogP contribution is 2.18. The molecular formula is C12H22N2O2. The standard InChI is InChI=1S/C12H22N2O2/c1-16-11-5-3-7-14(9-11)12(15)10-4-2-6-13-8-10/h10-11,13H,2-9H2,1H3/t10-,11+/m1/s1. The third-order valence-electron chi connectivity index (χ3n) is 3.67. The average Bonchev–Trinajstić information content (AvgIpc) is 2.39. The minimum absolute atomic E-state index is 0.198. The van der Waals surface area contributed by atoms with Gasteiger partial charge in [0.05, 0.1) is 12.0 Å². The maximum atomic E-state index is 12.2. The van der Waals surface area contributed by atoms with Crippen LogP contribution < -0.4 is 5.32 Å². The van der Waals surface area contributed by atoms with Gasteiger partial charge in [-0.15, -0.1) is 0 Å². The monoisotopic (exact) mass is 226 g/mol. The van der Waals surface area contributed by atoms with Gasteiger partial charge in [0, 0.05) is 26.7 Å². The number of nitrogens with zero attached hydrogens (tertiary/aromatic N) is 1. The van der Waals surface area contributed by atoms with Crippen LogP contribution in [-0.4, -0.2) is 50.2 Å². The van der Waals surface area contributed by atoms with Crippen LogP contribution in [0.2, 0.25) is 0 Å². The van der Waals surface area contributed by atoms with Crippen LogP contribution >= 0.6 is 0 Å². The van der Waals surface area contributed by atoms with Crippen molar-refractivity contribution in [1.29, 1.82) is 0 Å². The smallest absolute Gasteiger partial charge is 0.227 e. The van der Waals surface area contributed by atoms with E-state index >= 15 is 0 Å². The predicted octanol–water partition coefficient (Wildman–Crippen LogP) is 0.623. The topological polar surface area (TPSA) is 41.6 Å². The van der Waals surface area contributed by atoms with Crippen molar-refractivity contribution in [3.63, 3.8) is 0 Å². The first-order valence-corrected chi connectivity index (χ1v) is 6.33. The molecule has 0 aromatic heterocycles. The first-order valence-electron chi connectivity index (χ1n) is 6.33. The average molecular weight is 226 g/mol. The zero-order valence-corrected chi connectivity index (χ0v) is 10.1. The number of ether oxygens (including phenoxy) is 1. The summed E-state index contributed by atoms with van der Waals surface area (Å²) in [5.74, 6) is 0.526. The molecule has 0 aliphatic carbocycles. The van der Waals surface area contributed by atoms with Gasteiger partial charge < -0.3 is 15.0 Å². The van der Waals surface area contributed by atoms with E-state index in [0.29, 0.717) is 5.91 Å². The number of nitrogens with one attached hydrogen (secondary N) is 1. The van der Waals surface area contributed by atoms with Gasteiger partial charge in [-0.25, -0.2) is 0 Å². The Balaban J connectivity index is 1.87. The van der Waals surface area contributed by atoms with Gasteiger partial charge in [-0.05, 0) is 32.2 Å². The van der Waals surface area contributed by atoms with Gasteiger partial charge in [-0.1, -0.05) is 0 Å². The number of likely N-dealkylation sites (tertiary alicyclic amines) is 1. The van der Waals surface area contributed by atoms with Crippen molar-refractivity contribution in [2.45, 2.75) is 31.8 Å². The summed E-state index contributed by atoms with van der Waals surface area (Å²) in [5, 5.41) is 3.30. The Labute approximate surface area is 97.3 Å². The molecule has 2 fully saturated rings. The van der Waals surface area contributed by atoms with Crippen LogP contribution in [0.4, 0.5) is 0 Å². The Morgan fingerprint density at radius 2 is 2.25 bits per heavy atom. The van der Waals surface area contributed by atoms with Gasteiger partial charge in [0.15, 0.2) is 0 Å². The fourth-order valence-corrected chi connectivity index (χ4v) is 2.65. The number of carbonyl (C=O) groups excluding carboxylic acids is 1. The van der Waals surface area contributed by atoms with Crippen LogP contribution in [0.15, 0.2) is 0 Å². The lowest BCUT2D eigenvalue weighted by molar-refractivity contribution is -0.139. The number of rotatable bonds is 2. The number of hydrogen-bond donors (Lipinski definition) is 1. The van der Waals surface area contributed by atoms with E-state index in [2.05, 4.69) is 5.32 Å². The highest BCUT2D eigenvalue weighted by atomic mass is 16.5. The molecule has 4 nitrogen and oxygen atoms in total. The van der Waals surface area contributed by atoms with Crippen molar-refractivity contribution in [2.75, 3.05) is 33.3 Å². The minimum Gasteiger partial charge on any atom is -0.380 e. The second kappa shape index (κ2) is 5.64. The fourth-order valence-electron chi connectivity index (χ4n) is 2.65. The van der Waals surface area contributed by atoms with E-state index in [-0.39, 0.29) is 12.0 Å². The normalized spacial score (nSPS) is 31.4. The van der Waals surface area contributed by atoms with Gasteiger partial charge in [0.25, 0.3) is 0 Å². The molecule has 0 aromatic carbocycles. The molecule has 2 aliphatic rings. The fraction of sp³-hybridized carbons (Fsp3) is 0.917. The minimum atomic E-state index is 0.198. The SMILES string of the molecule is CO[C@H]1CCCN(C(=O)[C@@H]2CCCNC2)C1. The molecule has 16 heavy (non-hydrogen) atoms. The first-order chi connectivity index (χ1) is 7.81. The van der Waals surface area contributed by atoms with E-state index in [0.717, 1.165) is 51.9 Å². The summed E-state index contributed by atoms with van der Waals surface area (Å²) in [6, 6.07) is 0. The lowest BCUT2D eigenvalue weighted by atomic mass is 9.96.